The molecule has 0 saturated carbocycles. The summed E-state index contributed by atoms with van der Waals surface area (Å²) in [6.45, 7) is 4.69. The van der Waals surface area contributed by atoms with Crippen LogP contribution in [0, 0.1) is 18.7 Å². The Kier molecular flexibility index (Phi) is 10.9. The van der Waals surface area contributed by atoms with Gasteiger partial charge in [0.15, 0.2) is 0 Å². The highest BCUT2D eigenvalue weighted by Crippen LogP contribution is 2.36. The Morgan fingerprint density at radius 3 is 2.40 bits per heavy atom. The number of anilines is 1. The first-order valence-corrected chi connectivity index (χ1v) is 17.1. The predicted molar refractivity (Wildman–Crippen MR) is 176 cm³/mol. The molecule has 0 bridgehead atoms. The fraction of sp³-hybridized carbons (Fsp3) is 0.306. The normalized spacial score (nSPS) is 17.0. The highest BCUT2D eigenvalue weighted by Gasteiger charge is 2.35. The summed E-state index contributed by atoms with van der Waals surface area (Å²) in [5.74, 6) is -2.89. The molecule has 1 heterocycles. The van der Waals surface area contributed by atoms with E-state index < -0.39 is 51.7 Å². The molecular formula is C36H37F4N3O4S. The van der Waals surface area contributed by atoms with Crippen LogP contribution in [0.4, 0.5) is 23.2 Å². The molecule has 1 saturated heterocycles. The summed E-state index contributed by atoms with van der Waals surface area (Å²) in [6.07, 6.45) is -4.45. The molecule has 48 heavy (non-hydrogen) atoms. The van der Waals surface area contributed by atoms with Crippen LogP contribution in [0.2, 0.25) is 0 Å². The molecule has 1 aliphatic rings. The van der Waals surface area contributed by atoms with Crippen molar-refractivity contribution in [2.45, 2.75) is 49.9 Å². The number of nitrogens with zero attached hydrogens (tertiary/aromatic N) is 1. The number of carbonyl (C=O) groups is 1. The van der Waals surface area contributed by atoms with Gasteiger partial charge in [-0.1, -0.05) is 73.2 Å². The molecule has 5 rings (SSSR count). The molecule has 3 atom stereocenters. The predicted octanol–water partition coefficient (Wildman–Crippen LogP) is 7.03. The van der Waals surface area contributed by atoms with E-state index >= 15 is 4.39 Å². The number of nitrogens with one attached hydrogen (secondary N) is 2. The SMILES string of the molecule is Cc1ccc([C@@H](c2cccc(OC(F)(F)F)c2)[C@H](C)C(=O)Nc2cccc(F)c2CC[C@H]2CNCCN2S(=O)(=O)c2ccccc2)cc1. The molecule has 4 aromatic rings. The molecular weight excluding hydrogens is 646 g/mol. The highest BCUT2D eigenvalue weighted by atomic mass is 32.2. The van der Waals surface area contributed by atoms with E-state index in [-0.39, 0.29) is 35.5 Å². The zero-order chi connectivity index (χ0) is 34.5. The second kappa shape index (κ2) is 14.9. The van der Waals surface area contributed by atoms with Gasteiger partial charge in [0.1, 0.15) is 11.6 Å². The summed E-state index contributed by atoms with van der Waals surface area (Å²) in [5.41, 5.74) is 2.58. The maximum atomic E-state index is 15.4. The van der Waals surface area contributed by atoms with E-state index in [9.17, 15) is 26.4 Å². The fourth-order valence-electron chi connectivity index (χ4n) is 6.12. The summed E-state index contributed by atoms with van der Waals surface area (Å²) in [4.78, 5) is 14.0. The fourth-order valence-corrected chi connectivity index (χ4v) is 7.80. The Labute approximate surface area is 278 Å². The van der Waals surface area contributed by atoms with Gasteiger partial charge in [-0.25, -0.2) is 12.8 Å². The number of benzene rings is 4. The molecule has 0 aliphatic carbocycles. The third kappa shape index (κ3) is 8.41. The highest BCUT2D eigenvalue weighted by molar-refractivity contribution is 7.89. The maximum Gasteiger partial charge on any atom is 0.573 e. The average molecular weight is 684 g/mol. The van der Waals surface area contributed by atoms with Crippen molar-refractivity contribution < 1.29 is 35.5 Å². The van der Waals surface area contributed by atoms with E-state index in [4.69, 9.17) is 0 Å². The summed E-state index contributed by atoms with van der Waals surface area (Å²) in [6, 6.07) is 24.9. The lowest BCUT2D eigenvalue weighted by atomic mass is 9.80. The number of amides is 1. The molecule has 1 aliphatic heterocycles. The van der Waals surface area contributed by atoms with E-state index in [0.29, 0.717) is 24.2 Å². The monoisotopic (exact) mass is 683 g/mol. The Morgan fingerprint density at radius 1 is 0.979 bits per heavy atom. The lowest BCUT2D eigenvalue weighted by Gasteiger charge is -2.35. The average Bonchev–Trinajstić information content (AvgIpc) is 3.05. The summed E-state index contributed by atoms with van der Waals surface area (Å²) in [5, 5.41) is 6.08. The first kappa shape index (κ1) is 35.1. The molecule has 0 spiro atoms. The van der Waals surface area contributed by atoms with Crippen molar-refractivity contribution in [2.75, 3.05) is 25.0 Å². The number of halogens is 4. The van der Waals surface area contributed by atoms with E-state index in [1.54, 1.807) is 49.4 Å². The van der Waals surface area contributed by atoms with Gasteiger partial charge in [-0.3, -0.25) is 4.79 Å². The van der Waals surface area contributed by atoms with Crippen LogP contribution in [0.5, 0.6) is 5.75 Å². The molecule has 12 heteroatoms. The van der Waals surface area contributed by atoms with Crippen molar-refractivity contribution in [3.05, 3.63) is 125 Å². The number of hydrogen-bond donors (Lipinski definition) is 2. The first-order valence-electron chi connectivity index (χ1n) is 15.6. The number of rotatable bonds is 11. The topological polar surface area (TPSA) is 87.7 Å². The lowest BCUT2D eigenvalue weighted by molar-refractivity contribution is -0.274. The van der Waals surface area contributed by atoms with Gasteiger partial charge < -0.3 is 15.4 Å². The Morgan fingerprint density at radius 2 is 1.69 bits per heavy atom. The number of alkyl halides is 3. The van der Waals surface area contributed by atoms with E-state index in [1.165, 1.54) is 34.6 Å². The van der Waals surface area contributed by atoms with Gasteiger partial charge in [0.2, 0.25) is 15.9 Å². The minimum Gasteiger partial charge on any atom is -0.406 e. The molecule has 7 nitrogen and oxygen atoms in total. The summed E-state index contributed by atoms with van der Waals surface area (Å²) < 4.78 is 87.0. The van der Waals surface area contributed by atoms with Gasteiger partial charge in [-0.15, -0.1) is 13.2 Å². The molecule has 1 amide bonds. The van der Waals surface area contributed by atoms with Crippen molar-refractivity contribution in [1.82, 2.24) is 9.62 Å². The van der Waals surface area contributed by atoms with E-state index in [1.807, 2.05) is 31.2 Å². The largest absolute Gasteiger partial charge is 0.573 e. The number of carbonyl (C=O) groups excluding carboxylic acids is 1. The number of ether oxygens (including phenoxy) is 1. The van der Waals surface area contributed by atoms with Crippen molar-refractivity contribution in [3.63, 3.8) is 0 Å². The van der Waals surface area contributed by atoms with Crippen LogP contribution in [0.1, 0.15) is 41.5 Å². The van der Waals surface area contributed by atoms with Crippen molar-refractivity contribution in [2.24, 2.45) is 5.92 Å². The molecule has 2 N–H and O–H groups in total. The van der Waals surface area contributed by atoms with Crippen LogP contribution in [0.15, 0.2) is 102 Å². The third-order valence-corrected chi connectivity index (χ3v) is 10.5. The summed E-state index contributed by atoms with van der Waals surface area (Å²) in [7, 11) is -3.79. The maximum absolute atomic E-state index is 15.4. The van der Waals surface area contributed by atoms with E-state index in [0.717, 1.165) is 5.56 Å². The Hall–Kier alpha value is -4.26. The molecule has 0 aromatic heterocycles. The van der Waals surface area contributed by atoms with Crippen molar-refractivity contribution in [1.29, 1.82) is 0 Å². The second-order valence-corrected chi connectivity index (χ2v) is 13.8. The third-order valence-electron chi connectivity index (χ3n) is 8.55. The zero-order valence-electron chi connectivity index (χ0n) is 26.5. The van der Waals surface area contributed by atoms with Gasteiger partial charge in [0.05, 0.1) is 4.90 Å². The van der Waals surface area contributed by atoms with Crippen LogP contribution in [0.25, 0.3) is 0 Å². The zero-order valence-corrected chi connectivity index (χ0v) is 27.3. The molecule has 4 aromatic carbocycles. The lowest BCUT2D eigenvalue weighted by Crippen LogP contribution is -2.53. The minimum absolute atomic E-state index is 0.141. The second-order valence-electron chi connectivity index (χ2n) is 11.9. The molecule has 0 unspecified atom stereocenters. The van der Waals surface area contributed by atoms with Crippen LogP contribution >= 0.6 is 0 Å². The van der Waals surface area contributed by atoms with Gasteiger partial charge in [0, 0.05) is 48.8 Å². The van der Waals surface area contributed by atoms with Crippen LogP contribution in [-0.2, 0) is 21.2 Å². The molecule has 1 fully saturated rings. The van der Waals surface area contributed by atoms with Gasteiger partial charge in [-0.05, 0) is 67.3 Å². The quantitative estimate of drug-likeness (QED) is 0.166. The van der Waals surface area contributed by atoms with E-state index in [2.05, 4.69) is 15.4 Å². The van der Waals surface area contributed by atoms with Gasteiger partial charge in [0.25, 0.3) is 0 Å². The number of piperazine rings is 1. The summed E-state index contributed by atoms with van der Waals surface area (Å²) >= 11 is 0. The smallest absolute Gasteiger partial charge is 0.406 e. The first-order chi connectivity index (χ1) is 22.8. The number of sulfonamides is 1. The van der Waals surface area contributed by atoms with Crippen molar-refractivity contribution in [3.8, 4) is 5.75 Å². The van der Waals surface area contributed by atoms with Gasteiger partial charge in [-0.2, -0.15) is 4.31 Å². The van der Waals surface area contributed by atoms with Crippen LogP contribution in [-0.4, -0.2) is 50.7 Å². The number of hydrogen-bond acceptors (Lipinski definition) is 5. The number of aryl methyl sites for hydroxylation is 1. The Bertz CT molecular complexity index is 1820. The molecule has 254 valence electrons. The van der Waals surface area contributed by atoms with Crippen molar-refractivity contribution >= 4 is 21.6 Å². The van der Waals surface area contributed by atoms with Crippen LogP contribution < -0.4 is 15.4 Å². The van der Waals surface area contributed by atoms with Crippen LogP contribution in [0.3, 0.4) is 0 Å². The molecule has 0 radical (unpaired) electrons. The van der Waals surface area contributed by atoms with Gasteiger partial charge >= 0.3 is 6.36 Å². The standard InChI is InChI=1S/C36H37F4N3O4S/c1-24-14-16-26(17-15-24)34(27-8-6-9-29(22-27)47-36(38,39)40)25(2)35(44)42-33-13-7-12-32(37)31(33)19-18-28-23-41-20-21-43(28)48(45,46)30-10-4-3-5-11-30/h3-17,22,25,28,34,41H,18-21,23H2,1-2H3,(H,42,44)/t25-,28-,34-/m0/s1. The minimum atomic E-state index is -4.88. The Balaban J connectivity index is 1.38.